The maximum absolute atomic E-state index is 13.8. The molecular weight excluding hydrogens is 382 g/mol. The number of aromatic nitrogens is 2. The smallest absolute Gasteiger partial charge is 0.255 e. The zero-order valence-electron chi connectivity index (χ0n) is 14.0. The Balaban J connectivity index is 1.49. The summed E-state index contributed by atoms with van der Waals surface area (Å²) in [5.41, 5.74) is -0.142. The van der Waals surface area contributed by atoms with E-state index in [-0.39, 0.29) is 18.5 Å². The highest BCUT2D eigenvalue weighted by atomic mass is 19.2. The van der Waals surface area contributed by atoms with Gasteiger partial charge < -0.3 is 14.8 Å². The molecule has 0 atom stereocenters. The normalized spacial score (nSPS) is 12.3. The van der Waals surface area contributed by atoms with Crippen molar-refractivity contribution in [3.05, 3.63) is 71.1 Å². The molecule has 0 saturated heterocycles. The molecule has 3 aromatic rings. The SMILES string of the molecule is O=C(Nc1cnn(Cc2c(F)cc(F)c(F)c2F)c1)c1ccc2c(c1)OCO2. The number of carbonyl (C=O) groups is 1. The van der Waals surface area contributed by atoms with E-state index in [2.05, 4.69) is 10.4 Å². The van der Waals surface area contributed by atoms with E-state index >= 15 is 0 Å². The minimum Gasteiger partial charge on any atom is -0.454 e. The lowest BCUT2D eigenvalue weighted by Crippen LogP contribution is -2.11. The molecule has 1 N–H and O–H groups in total. The van der Waals surface area contributed by atoms with E-state index in [0.717, 1.165) is 4.68 Å². The molecule has 0 radical (unpaired) electrons. The molecule has 2 heterocycles. The summed E-state index contributed by atoms with van der Waals surface area (Å²) in [4.78, 5) is 12.3. The van der Waals surface area contributed by atoms with E-state index < -0.39 is 41.3 Å². The zero-order chi connectivity index (χ0) is 19.8. The molecule has 1 aliphatic heterocycles. The summed E-state index contributed by atoms with van der Waals surface area (Å²) in [5, 5.41) is 6.42. The highest BCUT2D eigenvalue weighted by Crippen LogP contribution is 2.32. The van der Waals surface area contributed by atoms with Crippen LogP contribution in [0.3, 0.4) is 0 Å². The number of carbonyl (C=O) groups excluding carboxylic acids is 1. The molecule has 0 aliphatic carbocycles. The third-order valence-corrected chi connectivity index (χ3v) is 4.06. The summed E-state index contributed by atoms with van der Waals surface area (Å²) in [6, 6.07) is 4.91. The van der Waals surface area contributed by atoms with Gasteiger partial charge in [0.2, 0.25) is 6.79 Å². The number of fused-ring (bicyclic) bond motifs is 1. The van der Waals surface area contributed by atoms with Crippen molar-refractivity contribution in [2.45, 2.75) is 6.54 Å². The van der Waals surface area contributed by atoms with Crippen LogP contribution in [0.15, 0.2) is 36.7 Å². The molecule has 4 rings (SSSR count). The van der Waals surface area contributed by atoms with E-state index in [0.29, 0.717) is 17.1 Å². The van der Waals surface area contributed by atoms with Gasteiger partial charge in [-0.2, -0.15) is 5.10 Å². The van der Waals surface area contributed by atoms with Crippen molar-refractivity contribution in [2.75, 3.05) is 12.1 Å². The molecule has 0 bridgehead atoms. The summed E-state index contributed by atoms with van der Waals surface area (Å²) in [7, 11) is 0. The Kier molecular flexibility index (Phi) is 4.38. The first-order valence-corrected chi connectivity index (χ1v) is 7.97. The second-order valence-corrected chi connectivity index (χ2v) is 5.90. The number of nitrogens with one attached hydrogen (secondary N) is 1. The Morgan fingerprint density at radius 2 is 1.86 bits per heavy atom. The fourth-order valence-electron chi connectivity index (χ4n) is 2.67. The van der Waals surface area contributed by atoms with Crippen LogP contribution in [-0.2, 0) is 6.54 Å². The quantitative estimate of drug-likeness (QED) is 0.419. The van der Waals surface area contributed by atoms with Crippen molar-refractivity contribution in [2.24, 2.45) is 0 Å². The fraction of sp³-hybridized carbons (Fsp3) is 0.111. The number of benzene rings is 2. The first kappa shape index (κ1) is 17.8. The molecule has 1 aromatic heterocycles. The predicted octanol–water partition coefficient (Wildman–Crippen LogP) is 3.47. The molecule has 1 aliphatic rings. The van der Waals surface area contributed by atoms with Crippen molar-refractivity contribution < 1.29 is 31.8 Å². The summed E-state index contributed by atoms with van der Waals surface area (Å²) in [5.74, 6) is -5.75. The minimum atomic E-state index is -1.76. The second kappa shape index (κ2) is 6.87. The van der Waals surface area contributed by atoms with Crippen molar-refractivity contribution in [1.82, 2.24) is 9.78 Å². The number of ether oxygens (including phenoxy) is 2. The van der Waals surface area contributed by atoms with Crippen LogP contribution in [0.4, 0.5) is 23.2 Å². The maximum atomic E-state index is 13.8. The highest BCUT2D eigenvalue weighted by Gasteiger charge is 2.20. The topological polar surface area (TPSA) is 65.4 Å². The lowest BCUT2D eigenvalue weighted by molar-refractivity contribution is 0.102. The molecular formula is C18H11F4N3O3. The minimum absolute atomic E-state index is 0.0737. The van der Waals surface area contributed by atoms with Crippen molar-refractivity contribution in [1.29, 1.82) is 0 Å². The van der Waals surface area contributed by atoms with E-state index in [1.54, 1.807) is 12.1 Å². The fourth-order valence-corrected chi connectivity index (χ4v) is 2.67. The van der Waals surface area contributed by atoms with Crippen molar-refractivity contribution >= 4 is 11.6 Å². The van der Waals surface area contributed by atoms with E-state index in [9.17, 15) is 22.4 Å². The van der Waals surface area contributed by atoms with Crippen LogP contribution in [0, 0.1) is 23.3 Å². The van der Waals surface area contributed by atoms with Crippen LogP contribution in [0.5, 0.6) is 11.5 Å². The van der Waals surface area contributed by atoms with Crippen LogP contribution < -0.4 is 14.8 Å². The van der Waals surface area contributed by atoms with Crippen LogP contribution >= 0.6 is 0 Å². The Hall–Kier alpha value is -3.56. The molecule has 1 amide bonds. The number of hydrogen-bond donors (Lipinski definition) is 1. The monoisotopic (exact) mass is 393 g/mol. The summed E-state index contributed by atoms with van der Waals surface area (Å²) < 4.78 is 65.3. The molecule has 6 nitrogen and oxygen atoms in total. The Morgan fingerprint density at radius 3 is 2.68 bits per heavy atom. The Morgan fingerprint density at radius 1 is 1.07 bits per heavy atom. The summed E-state index contributed by atoms with van der Waals surface area (Å²) >= 11 is 0. The molecule has 28 heavy (non-hydrogen) atoms. The lowest BCUT2D eigenvalue weighted by Gasteiger charge is -2.07. The van der Waals surface area contributed by atoms with Gasteiger partial charge in [-0.25, -0.2) is 17.6 Å². The number of halogens is 4. The van der Waals surface area contributed by atoms with E-state index in [4.69, 9.17) is 9.47 Å². The lowest BCUT2D eigenvalue weighted by atomic mass is 10.2. The van der Waals surface area contributed by atoms with Gasteiger partial charge in [-0.3, -0.25) is 9.48 Å². The van der Waals surface area contributed by atoms with Gasteiger partial charge in [0.1, 0.15) is 5.82 Å². The number of nitrogens with zero attached hydrogens (tertiary/aromatic N) is 2. The molecule has 144 valence electrons. The maximum Gasteiger partial charge on any atom is 0.255 e. The van der Waals surface area contributed by atoms with E-state index in [1.165, 1.54) is 18.5 Å². The molecule has 2 aromatic carbocycles. The Bertz CT molecular complexity index is 1080. The van der Waals surface area contributed by atoms with Gasteiger partial charge in [0.15, 0.2) is 29.0 Å². The molecule has 0 spiro atoms. The second-order valence-electron chi connectivity index (χ2n) is 5.90. The predicted molar refractivity (Wildman–Crippen MR) is 88.1 cm³/mol. The molecule has 10 heteroatoms. The number of anilines is 1. The third kappa shape index (κ3) is 3.24. The van der Waals surface area contributed by atoms with Gasteiger partial charge in [0, 0.05) is 23.4 Å². The van der Waals surface area contributed by atoms with Gasteiger partial charge in [-0.1, -0.05) is 0 Å². The Labute approximate surface area is 155 Å². The van der Waals surface area contributed by atoms with Crippen molar-refractivity contribution in [3.8, 4) is 11.5 Å². The van der Waals surface area contributed by atoms with Gasteiger partial charge in [0.05, 0.1) is 18.4 Å². The van der Waals surface area contributed by atoms with E-state index in [1.807, 2.05) is 0 Å². The average Bonchev–Trinajstić information content (AvgIpc) is 3.32. The highest BCUT2D eigenvalue weighted by molar-refractivity contribution is 6.04. The summed E-state index contributed by atoms with van der Waals surface area (Å²) in [6.45, 7) is -0.418. The van der Waals surface area contributed by atoms with Gasteiger partial charge >= 0.3 is 0 Å². The van der Waals surface area contributed by atoms with Gasteiger partial charge in [-0.15, -0.1) is 0 Å². The summed E-state index contributed by atoms with van der Waals surface area (Å²) in [6.07, 6.45) is 2.55. The largest absolute Gasteiger partial charge is 0.454 e. The third-order valence-electron chi connectivity index (χ3n) is 4.06. The zero-order valence-corrected chi connectivity index (χ0v) is 14.0. The number of hydrogen-bond acceptors (Lipinski definition) is 4. The van der Waals surface area contributed by atoms with Crippen LogP contribution in [-0.4, -0.2) is 22.5 Å². The van der Waals surface area contributed by atoms with Crippen molar-refractivity contribution in [3.63, 3.8) is 0 Å². The number of amides is 1. The molecule has 0 unspecified atom stereocenters. The van der Waals surface area contributed by atoms with Crippen LogP contribution in [0.1, 0.15) is 15.9 Å². The van der Waals surface area contributed by atoms with Crippen LogP contribution in [0.2, 0.25) is 0 Å². The first-order chi connectivity index (χ1) is 13.4. The average molecular weight is 393 g/mol. The van der Waals surface area contributed by atoms with Gasteiger partial charge in [-0.05, 0) is 18.2 Å². The molecule has 0 saturated carbocycles. The first-order valence-electron chi connectivity index (χ1n) is 7.97. The molecule has 0 fully saturated rings. The van der Waals surface area contributed by atoms with Crippen LogP contribution in [0.25, 0.3) is 0 Å². The standard InChI is InChI=1S/C18H11F4N3O3/c19-12-4-13(20)17(22)16(21)11(12)7-25-6-10(5-23-25)24-18(26)9-1-2-14-15(3-9)28-8-27-14/h1-6H,7-8H2,(H,24,26). The number of rotatable bonds is 4. The van der Waals surface area contributed by atoms with Gasteiger partial charge in [0.25, 0.3) is 5.91 Å².